The number of halogens is 1. The maximum absolute atomic E-state index is 12.6. The molecule has 0 aliphatic carbocycles. The van der Waals surface area contributed by atoms with Crippen molar-refractivity contribution < 1.29 is 9.72 Å². The van der Waals surface area contributed by atoms with E-state index in [0.717, 1.165) is 5.56 Å². The first-order valence-electron chi connectivity index (χ1n) is 6.42. The van der Waals surface area contributed by atoms with Crippen molar-refractivity contribution in [3.8, 4) is 0 Å². The van der Waals surface area contributed by atoms with Crippen LogP contribution in [0.4, 0.5) is 11.4 Å². The van der Waals surface area contributed by atoms with E-state index in [1.54, 1.807) is 30.3 Å². The zero-order valence-corrected chi connectivity index (χ0v) is 11.7. The lowest BCUT2D eigenvalue weighted by Gasteiger charge is -2.17. The molecule has 0 saturated heterocycles. The molecule has 0 saturated carbocycles. The maximum Gasteiger partial charge on any atom is 0.293 e. The molecule has 0 atom stereocenters. The first-order chi connectivity index (χ1) is 10.1. The monoisotopic (exact) mass is 302 g/mol. The van der Waals surface area contributed by atoms with E-state index in [1.807, 2.05) is 6.07 Å². The van der Waals surface area contributed by atoms with Gasteiger partial charge in [0.05, 0.1) is 15.5 Å². The van der Waals surface area contributed by atoms with Crippen molar-refractivity contribution in [3.05, 3.63) is 68.7 Å². The van der Waals surface area contributed by atoms with Crippen LogP contribution < -0.4 is 4.90 Å². The molecule has 1 heterocycles. The molecule has 3 rings (SSSR count). The number of benzene rings is 2. The number of rotatable bonds is 2. The van der Waals surface area contributed by atoms with Gasteiger partial charge in [0.25, 0.3) is 11.6 Å². The van der Waals surface area contributed by atoms with Crippen molar-refractivity contribution in [2.45, 2.75) is 6.42 Å². The van der Waals surface area contributed by atoms with E-state index < -0.39 is 4.92 Å². The highest BCUT2D eigenvalue weighted by Crippen LogP contribution is 2.38. The van der Waals surface area contributed by atoms with Crippen LogP contribution in [0.1, 0.15) is 15.9 Å². The van der Waals surface area contributed by atoms with Crippen molar-refractivity contribution in [3.63, 3.8) is 0 Å². The standard InChI is InChI=1S/C15H11ClN2O3/c16-12-6-2-1-5-11(12)15(19)17-9-8-10-4-3-7-13(14(10)17)18(20)21/h1-7H,8-9H2. The Morgan fingerprint density at radius 3 is 2.67 bits per heavy atom. The van der Waals surface area contributed by atoms with Gasteiger partial charge < -0.3 is 4.90 Å². The van der Waals surface area contributed by atoms with Gasteiger partial charge in [-0.15, -0.1) is 0 Å². The minimum atomic E-state index is -0.461. The number of nitro benzene ring substituents is 1. The highest BCUT2D eigenvalue weighted by molar-refractivity contribution is 6.34. The second-order valence-corrected chi connectivity index (χ2v) is 5.14. The average molecular weight is 303 g/mol. The van der Waals surface area contributed by atoms with E-state index in [4.69, 9.17) is 11.6 Å². The summed E-state index contributed by atoms with van der Waals surface area (Å²) in [4.78, 5) is 24.8. The summed E-state index contributed by atoms with van der Waals surface area (Å²) in [5.74, 6) is -0.311. The fraction of sp³-hybridized carbons (Fsp3) is 0.133. The van der Waals surface area contributed by atoms with Gasteiger partial charge in [-0.05, 0) is 24.1 Å². The van der Waals surface area contributed by atoms with Crippen LogP contribution in [-0.2, 0) is 6.42 Å². The summed E-state index contributed by atoms with van der Waals surface area (Å²) in [5, 5.41) is 11.5. The first kappa shape index (κ1) is 13.6. The van der Waals surface area contributed by atoms with Crippen molar-refractivity contribution in [1.82, 2.24) is 0 Å². The van der Waals surface area contributed by atoms with Crippen LogP contribution in [0.15, 0.2) is 42.5 Å². The summed E-state index contributed by atoms with van der Waals surface area (Å²) < 4.78 is 0. The molecule has 0 unspecified atom stereocenters. The molecule has 1 aliphatic heterocycles. The summed E-state index contributed by atoms with van der Waals surface area (Å²) in [7, 11) is 0. The molecule has 0 radical (unpaired) electrons. The smallest absolute Gasteiger partial charge is 0.293 e. The lowest BCUT2D eigenvalue weighted by atomic mass is 10.1. The Balaban J connectivity index is 2.07. The maximum atomic E-state index is 12.6. The van der Waals surface area contributed by atoms with E-state index in [9.17, 15) is 14.9 Å². The van der Waals surface area contributed by atoms with Gasteiger partial charge in [0.2, 0.25) is 0 Å². The minimum absolute atomic E-state index is 0.0506. The number of para-hydroxylation sites is 1. The van der Waals surface area contributed by atoms with Crippen molar-refractivity contribution in [2.24, 2.45) is 0 Å². The van der Waals surface area contributed by atoms with E-state index >= 15 is 0 Å². The fourth-order valence-corrected chi connectivity index (χ4v) is 2.78. The predicted molar refractivity (Wildman–Crippen MR) is 79.9 cm³/mol. The van der Waals surface area contributed by atoms with Crippen LogP contribution in [0.3, 0.4) is 0 Å². The van der Waals surface area contributed by atoms with Crippen molar-refractivity contribution in [2.75, 3.05) is 11.4 Å². The SMILES string of the molecule is O=C(c1ccccc1Cl)N1CCc2cccc([N+](=O)[O-])c21. The zero-order chi connectivity index (χ0) is 15.0. The molecule has 5 nitrogen and oxygen atoms in total. The molecule has 2 aromatic carbocycles. The van der Waals surface area contributed by atoms with E-state index in [1.165, 1.54) is 11.0 Å². The van der Waals surface area contributed by atoms with Crippen LogP contribution in [0.25, 0.3) is 0 Å². The average Bonchev–Trinajstić information content (AvgIpc) is 2.90. The van der Waals surface area contributed by atoms with Crippen LogP contribution in [-0.4, -0.2) is 17.4 Å². The van der Waals surface area contributed by atoms with Crippen molar-refractivity contribution >= 4 is 28.9 Å². The third kappa shape index (κ3) is 2.25. The Labute approximate surface area is 125 Å². The molecule has 1 aliphatic rings. The molecule has 106 valence electrons. The molecule has 0 spiro atoms. The topological polar surface area (TPSA) is 63.5 Å². The second kappa shape index (κ2) is 5.18. The molecular formula is C15H11ClN2O3. The first-order valence-corrected chi connectivity index (χ1v) is 6.80. The quantitative estimate of drug-likeness (QED) is 0.630. The summed E-state index contributed by atoms with van der Waals surface area (Å²) in [6.45, 7) is 0.421. The van der Waals surface area contributed by atoms with Gasteiger partial charge in [0.15, 0.2) is 0 Å². The molecule has 0 bridgehead atoms. The molecule has 0 aromatic heterocycles. The second-order valence-electron chi connectivity index (χ2n) is 4.73. The number of carbonyl (C=O) groups is 1. The molecular weight excluding hydrogens is 292 g/mol. The Morgan fingerprint density at radius 2 is 1.95 bits per heavy atom. The minimum Gasteiger partial charge on any atom is -0.302 e. The van der Waals surface area contributed by atoms with Gasteiger partial charge in [0, 0.05) is 12.6 Å². The van der Waals surface area contributed by atoms with Gasteiger partial charge in [-0.2, -0.15) is 0 Å². The fourth-order valence-electron chi connectivity index (χ4n) is 2.57. The van der Waals surface area contributed by atoms with Crippen LogP contribution in [0.2, 0.25) is 5.02 Å². The van der Waals surface area contributed by atoms with Gasteiger partial charge in [-0.3, -0.25) is 14.9 Å². The number of anilines is 1. The molecule has 0 fully saturated rings. The Morgan fingerprint density at radius 1 is 1.19 bits per heavy atom. The highest BCUT2D eigenvalue weighted by Gasteiger charge is 2.32. The molecule has 2 aromatic rings. The Hall–Kier alpha value is -2.40. The van der Waals surface area contributed by atoms with Gasteiger partial charge in [0.1, 0.15) is 5.69 Å². The van der Waals surface area contributed by atoms with Crippen LogP contribution in [0, 0.1) is 10.1 Å². The number of carbonyl (C=O) groups excluding carboxylic acids is 1. The van der Waals surface area contributed by atoms with Crippen LogP contribution in [0.5, 0.6) is 0 Å². The summed E-state index contributed by atoms with van der Waals surface area (Å²) >= 11 is 6.05. The number of hydrogen-bond donors (Lipinski definition) is 0. The third-order valence-electron chi connectivity index (χ3n) is 3.52. The molecule has 0 N–H and O–H groups in total. The number of hydrogen-bond acceptors (Lipinski definition) is 3. The van der Waals surface area contributed by atoms with Crippen LogP contribution >= 0.6 is 11.6 Å². The van der Waals surface area contributed by atoms with E-state index in [-0.39, 0.29) is 11.6 Å². The predicted octanol–water partition coefficient (Wildman–Crippen LogP) is 3.45. The Bertz CT molecular complexity index is 745. The van der Waals surface area contributed by atoms with Gasteiger partial charge in [-0.1, -0.05) is 35.9 Å². The normalized spacial score (nSPS) is 13.1. The zero-order valence-electron chi connectivity index (χ0n) is 11.0. The summed E-state index contributed by atoms with van der Waals surface area (Å²) in [6.07, 6.45) is 0.604. The number of nitrogens with zero attached hydrogens (tertiary/aromatic N) is 2. The van der Waals surface area contributed by atoms with Crippen molar-refractivity contribution in [1.29, 1.82) is 0 Å². The van der Waals surface area contributed by atoms with Gasteiger partial charge in [-0.25, -0.2) is 0 Å². The van der Waals surface area contributed by atoms with E-state index in [2.05, 4.69) is 0 Å². The Kier molecular flexibility index (Phi) is 3.35. The number of nitro groups is 1. The third-order valence-corrected chi connectivity index (χ3v) is 3.85. The largest absolute Gasteiger partial charge is 0.302 e. The van der Waals surface area contributed by atoms with E-state index in [0.29, 0.717) is 29.2 Å². The molecule has 1 amide bonds. The number of fused-ring (bicyclic) bond motifs is 1. The summed E-state index contributed by atoms with van der Waals surface area (Å²) in [6, 6.07) is 11.6. The summed E-state index contributed by atoms with van der Waals surface area (Å²) in [5.41, 5.74) is 1.49. The molecule has 21 heavy (non-hydrogen) atoms. The lowest BCUT2D eigenvalue weighted by molar-refractivity contribution is -0.384. The highest BCUT2D eigenvalue weighted by atomic mass is 35.5. The lowest BCUT2D eigenvalue weighted by Crippen LogP contribution is -2.29. The molecule has 6 heteroatoms. The number of amides is 1. The van der Waals surface area contributed by atoms with Gasteiger partial charge >= 0.3 is 0 Å².